The molecular formula is C8H16O3S. The average Bonchev–Trinajstić information content (AvgIpc) is 2.05. The van der Waals surface area contributed by atoms with Crippen molar-refractivity contribution >= 4 is 18.6 Å². The minimum atomic E-state index is -0.179. The molecule has 12 heavy (non-hydrogen) atoms. The van der Waals surface area contributed by atoms with E-state index in [9.17, 15) is 4.79 Å². The summed E-state index contributed by atoms with van der Waals surface area (Å²) < 4.78 is 9.93. The number of carbonyl (C=O) groups excluding carboxylic acids is 1. The zero-order chi connectivity index (χ0) is 9.23. The first-order valence-corrected chi connectivity index (χ1v) is 4.78. The Kier molecular flexibility index (Phi) is 8.71. The van der Waals surface area contributed by atoms with E-state index >= 15 is 0 Å². The van der Waals surface area contributed by atoms with Crippen molar-refractivity contribution < 1.29 is 14.3 Å². The summed E-state index contributed by atoms with van der Waals surface area (Å²) >= 11 is 3.91. The molecular weight excluding hydrogens is 176 g/mol. The Morgan fingerprint density at radius 3 is 2.75 bits per heavy atom. The van der Waals surface area contributed by atoms with Gasteiger partial charge in [-0.1, -0.05) is 0 Å². The summed E-state index contributed by atoms with van der Waals surface area (Å²) in [5.41, 5.74) is 0. The van der Waals surface area contributed by atoms with E-state index in [1.54, 1.807) is 0 Å². The van der Waals surface area contributed by atoms with Gasteiger partial charge >= 0.3 is 5.97 Å². The Bertz CT molecular complexity index is 117. The third-order valence-corrected chi connectivity index (χ3v) is 1.44. The van der Waals surface area contributed by atoms with Crippen LogP contribution in [0.1, 0.15) is 19.8 Å². The van der Waals surface area contributed by atoms with E-state index in [-0.39, 0.29) is 5.97 Å². The van der Waals surface area contributed by atoms with Gasteiger partial charge in [-0.25, -0.2) is 0 Å². The minimum Gasteiger partial charge on any atom is -0.466 e. The number of ether oxygens (including phenoxy) is 2. The lowest BCUT2D eigenvalue weighted by Crippen LogP contribution is -2.08. The van der Waals surface area contributed by atoms with Crippen LogP contribution < -0.4 is 0 Å². The summed E-state index contributed by atoms with van der Waals surface area (Å²) in [6.07, 6.45) is 1.16. The average molecular weight is 192 g/mol. The molecule has 0 radical (unpaired) electrons. The van der Waals surface area contributed by atoms with Crippen molar-refractivity contribution in [1.29, 1.82) is 0 Å². The summed E-state index contributed by atoms with van der Waals surface area (Å²) in [4.78, 5) is 10.8. The summed E-state index contributed by atoms with van der Waals surface area (Å²) in [6, 6.07) is 0. The molecule has 0 bridgehead atoms. The fourth-order valence-corrected chi connectivity index (χ4v) is 0.837. The van der Waals surface area contributed by atoms with Gasteiger partial charge in [-0.15, -0.1) is 0 Å². The molecule has 0 spiro atoms. The molecule has 0 aromatic carbocycles. The maximum absolute atomic E-state index is 10.8. The molecule has 0 fully saturated rings. The largest absolute Gasteiger partial charge is 0.466 e. The molecule has 4 heteroatoms. The number of hydrogen-bond acceptors (Lipinski definition) is 4. The summed E-state index contributed by atoms with van der Waals surface area (Å²) in [5, 5.41) is 0. The van der Waals surface area contributed by atoms with E-state index in [0.29, 0.717) is 32.0 Å². The zero-order valence-electron chi connectivity index (χ0n) is 7.41. The van der Waals surface area contributed by atoms with Crippen molar-refractivity contribution in [3.8, 4) is 0 Å². The first-order valence-electron chi connectivity index (χ1n) is 4.15. The summed E-state index contributed by atoms with van der Waals surface area (Å²) in [7, 11) is 0. The minimum absolute atomic E-state index is 0.179. The van der Waals surface area contributed by atoms with E-state index < -0.39 is 0 Å². The quantitative estimate of drug-likeness (QED) is 0.375. The van der Waals surface area contributed by atoms with Crippen LogP contribution in [0.4, 0.5) is 0 Å². The van der Waals surface area contributed by atoms with Crippen LogP contribution in [0.2, 0.25) is 0 Å². The molecule has 0 N–H and O–H groups in total. The van der Waals surface area contributed by atoms with E-state index in [2.05, 4.69) is 12.6 Å². The number of hydrogen-bond donors (Lipinski definition) is 1. The Labute approximate surface area is 78.8 Å². The molecule has 0 aliphatic heterocycles. The number of carbonyl (C=O) groups is 1. The van der Waals surface area contributed by atoms with Crippen molar-refractivity contribution in [3.63, 3.8) is 0 Å². The molecule has 0 rings (SSSR count). The van der Waals surface area contributed by atoms with Gasteiger partial charge in [0.05, 0.1) is 13.0 Å². The molecule has 0 aliphatic rings. The van der Waals surface area contributed by atoms with E-state index in [1.165, 1.54) is 0 Å². The molecule has 0 amide bonds. The van der Waals surface area contributed by atoms with Crippen molar-refractivity contribution in [1.82, 2.24) is 0 Å². The Morgan fingerprint density at radius 1 is 1.42 bits per heavy atom. The van der Waals surface area contributed by atoms with Gasteiger partial charge in [0.1, 0.15) is 0 Å². The van der Waals surface area contributed by atoms with Crippen molar-refractivity contribution in [3.05, 3.63) is 0 Å². The Hall–Kier alpha value is -0.220. The van der Waals surface area contributed by atoms with E-state index in [0.717, 1.165) is 6.42 Å². The smallest absolute Gasteiger partial charge is 0.306 e. The maximum atomic E-state index is 10.8. The molecule has 0 saturated carbocycles. The maximum Gasteiger partial charge on any atom is 0.306 e. The van der Waals surface area contributed by atoms with E-state index in [1.807, 2.05) is 6.92 Å². The highest BCUT2D eigenvalue weighted by molar-refractivity contribution is 7.80. The predicted octanol–water partition coefficient (Wildman–Crippen LogP) is 1.28. The lowest BCUT2D eigenvalue weighted by atomic mass is 10.4. The van der Waals surface area contributed by atoms with Crippen LogP contribution in [0.5, 0.6) is 0 Å². The SMILES string of the molecule is CCOCCCOC(=O)CCS. The highest BCUT2D eigenvalue weighted by Crippen LogP contribution is 1.91. The van der Waals surface area contributed by atoms with Gasteiger partial charge in [-0.05, 0) is 6.92 Å². The standard InChI is InChI=1S/C8H16O3S/c1-2-10-5-3-6-11-8(9)4-7-12/h12H,2-7H2,1H3. The second kappa shape index (κ2) is 8.87. The molecule has 0 aromatic heterocycles. The second-order valence-corrected chi connectivity index (χ2v) is 2.69. The monoisotopic (exact) mass is 192 g/mol. The third kappa shape index (κ3) is 7.88. The Balaban J connectivity index is 3.03. The number of rotatable bonds is 7. The van der Waals surface area contributed by atoms with Crippen LogP contribution >= 0.6 is 12.6 Å². The predicted molar refractivity (Wildman–Crippen MR) is 50.5 cm³/mol. The highest BCUT2D eigenvalue weighted by atomic mass is 32.1. The lowest BCUT2D eigenvalue weighted by Gasteiger charge is -2.03. The van der Waals surface area contributed by atoms with Crippen LogP contribution in [0.15, 0.2) is 0 Å². The Morgan fingerprint density at radius 2 is 2.17 bits per heavy atom. The molecule has 0 aliphatic carbocycles. The first-order chi connectivity index (χ1) is 5.81. The van der Waals surface area contributed by atoms with Crippen LogP contribution in [0, 0.1) is 0 Å². The second-order valence-electron chi connectivity index (χ2n) is 2.24. The lowest BCUT2D eigenvalue weighted by molar-refractivity contribution is -0.143. The molecule has 72 valence electrons. The highest BCUT2D eigenvalue weighted by Gasteiger charge is 1.99. The summed E-state index contributed by atoms with van der Waals surface area (Å²) in [6.45, 7) is 3.76. The number of esters is 1. The fraction of sp³-hybridized carbons (Fsp3) is 0.875. The van der Waals surface area contributed by atoms with Gasteiger partial charge in [-0.3, -0.25) is 4.79 Å². The zero-order valence-corrected chi connectivity index (χ0v) is 8.31. The first kappa shape index (κ1) is 11.8. The molecule has 0 atom stereocenters. The van der Waals surface area contributed by atoms with Crippen molar-refractivity contribution in [2.24, 2.45) is 0 Å². The van der Waals surface area contributed by atoms with Crippen molar-refractivity contribution in [2.75, 3.05) is 25.6 Å². The normalized spacial score (nSPS) is 9.83. The number of thiol groups is 1. The van der Waals surface area contributed by atoms with Crippen LogP contribution in [0.3, 0.4) is 0 Å². The molecule has 0 aromatic rings. The van der Waals surface area contributed by atoms with Crippen molar-refractivity contribution in [2.45, 2.75) is 19.8 Å². The van der Waals surface area contributed by atoms with Gasteiger partial charge in [0.2, 0.25) is 0 Å². The van der Waals surface area contributed by atoms with Gasteiger partial charge in [0.15, 0.2) is 0 Å². The third-order valence-electron chi connectivity index (χ3n) is 1.22. The molecule has 0 heterocycles. The molecule has 0 unspecified atom stereocenters. The topological polar surface area (TPSA) is 35.5 Å². The van der Waals surface area contributed by atoms with Crippen LogP contribution in [0.25, 0.3) is 0 Å². The van der Waals surface area contributed by atoms with Gasteiger partial charge in [0, 0.05) is 25.4 Å². The van der Waals surface area contributed by atoms with Gasteiger partial charge in [-0.2, -0.15) is 12.6 Å². The van der Waals surface area contributed by atoms with Crippen LogP contribution in [-0.2, 0) is 14.3 Å². The van der Waals surface area contributed by atoms with Gasteiger partial charge in [0.25, 0.3) is 0 Å². The summed E-state index contributed by atoms with van der Waals surface area (Å²) in [5.74, 6) is 0.367. The molecule has 3 nitrogen and oxygen atoms in total. The van der Waals surface area contributed by atoms with Gasteiger partial charge < -0.3 is 9.47 Å². The fourth-order valence-electron chi connectivity index (χ4n) is 0.655. The van der Waals surface area contributed by atoms with E-state index in [4.69, 9.17) is 9.47 Å². The van der Waals surface area contributed by atoms with Crippen LogP contribution in [-0.4, -0.2) is 31.5 Å². The molecule has 0 saturated heterocycles.